The average molecular weight is 221 g/mol. The highest BCUT2D eigenvalue weighted by atomic mass is 16.4. The molecule has 0 rings (SSSR count). The molecule has 0 aliphatic carbocycles. The summed E-state index contributed by atoms with van der Waals surface area (Å²) in [4.78, 5) is 0. The van der Waals surface area contributed by atoms with E-state index in [-0.39, 0.29) is 12.6 Å². The van der Waals surface area contributed by atoms with Crippen molar-refractivity contribution in [3.63, 3.8) is 0 Å². The quantitative estimate of drug-likeness (QED) is 0.374. The van der Waals surface area contributed by atoms with Gasteiger partial charge in [0.25, 0.3) is 0 Å². The lowest BCUT2D eigenvalue weighted by Gasteiger charge is -2.26. The van der Waals surface area contributed by atoms with Gasteiger partial charge in [0.1, 0.15) is 12.2 Å². The molecule has 0 bridgehead atoms. The van der Waals surface area contributed by atoms with Crippen molar-refractivity contribution in [3.8, 4) is 0 Å². The van der Waals surface area contributed by atoms with Crippen LogP contribution in [0.1, 0.15) is 27.2 Å². The highest BCUT2D eigenvalue weighted by Gasteiger charge is 2.29. The smallest absolute Gasteiger partial charge is 0.109 e. The van der Waals surface area contributed by atoms with Crippen LogP contribution in [0, 0.1) is 0 Å². The van der Waals surface area contributed by atoms with Gasteiger partial charge in [-0.05, 0) is 6.42 Å². The van der Waals surface area contributed by atoms with Gasteiger partial charge in [-0.25, -0.2) is 0 Å². The van der Waals surface area contributed by atoms with Crippen LogP contribution in [-0.4, -0.2) is 57.4 Å². The van der Waals surface area contributed by atoms with Gasteiger partial charge in [-0.3, -0.25) is 0 Å². The molecule has 0 aromatic rings. The Hall–Kier alpha value is -0.200. The zero-order valence-corrected chi connectivity index (χ0v) is 9.59. The molecule has 0 spiro atoms. The molecule has 0 saturated carbocycles. The topological polar surface area (TPSA) is 93.0 Å². The fourth-order valence-electron chi connectivity index (χ4n) is 1.17. The van der Waals surface area contributed by atoms with E-state index in [9.17, 15) is 20.4 Å². The minimum Gasteiger partial charge on any atom is -0.390 e. The predicted molar refractivity (Wildman–Crippen MR) is 57.5 cm³/mol. The van der Waals surface area contributed by atoms with Gasteiger partial charge in [-0.15, -0.1) is 0 Å². The standard InChI is InChI=1S/C10H23NO4/c1-4-7(12)9(14)10(15)8(13)5-11-6(2)3/h6-15H,4-5H2,1-3H3/t7-,8+,9-,10-/m1/s1. The normalized spacial score (nSPS) is 20.0. The number of hydrogen-bond donors (Lipinski definition) is 5. The molecule has 5 N–H and O–H groups in total. The molecule has 0 aromatic heterocycles. The summed E-state index contributed by atoms with van der Waals surface area (Å²) in [5.74, 6) is 0. The molecule has 15 heavy (non-hydrogen) atoms. The lowest BCUT2D eigenvalue weighted by Crippen LogP contribution is -2.48. The maximum absolute atomic E-state index is 9.50. The first-order chi connectivity index (χ1) is 6.90. The fourth-order valence-corrected chi connectivity index (χ4v) is 1.17. The zero-order chi connectivity index (χ0) is 12.0. The molecule has 92 valence electrons. The summed E-state index contributed by atoms with van der Waals surface area (Å²) in [7, 11) is 0. The van der Waals surface area contributed by atoms with Gasteiger partial charge in [0, 0.05) is 12.6 Å². The van der Waals surface area contributed by atoms with Gasteiger partial charge in [0.05, 0.1) is 12.2 Å². The van der Waals surface area contributed by atoms with Crippen molar-refractivity contribution in [2.75, 3.05) is 6.54 Å². The molecule has 0 aliphatic heterocycles. The SMILES string of the molecule is CC[C@@H](O)[C@@H](O)[C@H](O)[C@@H](O)CNC(C)C. The van der Waals surface area contributed by atoms with E-state index in [1.807, 2.05) is 13.8 Å². The summed E-state index contributed by atoms with van der Waals surface area (Å²) in [6.45, 7) is 5.71. The summed E-state index contributed by atoms with van der Waals surface area (Å²) in [5.41, 5.74) is 0. The lowest BCUT2D eigenvalue weighted by atomic mass is 10.0. The number of rotatable bonds is 7. The minimum atomic E-state index is -1.33. The van der Waals surface area contributed by atoms with E-state index in [1.165, 1.54) is 0 Å². The van der Waals surface area contributed by atoms with Crippen molar-refractivity contribution in [3.05, 3.63) is 0 Å². The predicted octanol–water partition coefficient (Wildman–Crippen LogP) is -1.16. The van der Waals surface area contributed by atoms with E-state index < -0.39 is 24.4 Å². The van der Waals surface area contributed by atoms with Crippen LogP contribution < -0.4 is 5.32 Å². The summed E-state index contributed by atoms with van der Waals surface area (Å²) in [5, 5.41) is 40.6. The van der Waals surface area contributed by atoms with Crippen molar-refractivity contribution in [2.24, 2.45) is 0 Å². The molecule has 0 aliphatic rings. The fraction of sp³-hybridized carbons (Fsp3) is 1.00. The van der Waals surface area contributed by atoms with Crippen molar-refractivity contribution in [1.82, 2.24) is 5.32 Å². The molecule has 0 heterocycles. The highest BCUT2D eigenvalue weighted by Crippen LogP contribution is 2.07. The second-order valence-corrected chi connectivity index (χ2v) is 4.09. The molecule has 5 nitrogen and oxygen atoms in total. The second-order valence-electron chi connectivity index (χ2n) is 4.09. The van der Waals surface area contributed by atoms with Crippen molar-refractivity contribution < 1.29 is 20.4 Å². The second kappa shape index (κ2) is 7.14. The van der Waals surface area contributed by atoms with Crippen molar-refractivity contribution in [1.29, 1.82) is 0 Å². The molecule has 0 radical (unpaired) electrons. The average Bonchev–Trinajstić information content (AvgIpc) is 2.22. The Morgan fingerprint density at radius 1 is 0.933 bits per heavy atom. The van der Waals surface area contributed by atoms with Crippen molar-refractivity contribution in [2.45, 2.75) is 57.6 Å². The molecule has 0 unspecified atom stereocenters. The van der Waals surface area contributed by atoms with E-state index >= 15 is 0 Å². The minimum absolute atomic E-state index is 0.187. The van der Waals surface area contributed by atoms with Gasteiger partial charge >= 0.3 is 0 Å². The Morgan fingerprint density at radius 3 is 1.80 bits per heavy atom. The largest absolute Gasteiger partial charge is 0.390 e. The van der Waals surface area contributed by atoms with Crippen molar-refractivity contribution >= 4 is 0 Å². The number of aliphatic hydroxyl groups is 4. The Morgan fingerprint density at radius 2 is 1.40 bits per heavy atom. The first kappa shape index (κ1) is 14.8. The summed E-state index contributed by atoms with van der Waals surface area (Å²) >= 11 is 0. The van der Waals surface area contributed by atoms with Crippen LogP contribution >= 0.6 is 0 Å². The Balaban J connectivity index is 4.01. The van der Waals surface area contributed by atoms with E-state index in [0.717, 1.165) is 0 Å². The zero-order valence-electron chi connectivity index (χ0n) is 9.59. The van der Waals surface area contributed by atoms with Gasteiger partial charge in [-0.2, -0.15) is 0 Å². The molecular weight excluding hydrogens is 198 g/mol. The van der Waals surface area contributed by atoms with Gasteiger partial charge < -0.3 is 25.7 Å². The third-order valence-corrected chi connectivity index (χ3v) is 2.29. The van der Waals surface area contributed by atoms with Gasteiger partial charge in [0.15, 0.2) is 0 Å². The maximum atomic E-state index is 9.50. The molecule has 5 heteroatoms. The molecular formula is C10H23NO4. The van der Waals surface area contributed by atoms with E-state index in [0.29, 0.717) is 6.42 Å². The summed E-state index contributed by atoms with van der Waals surface area (Å²) in [6.07, 6.45) is -4.38. The third kappa shape index (κ3) is 5.44. The molecule has 0 amide bonds. The molecule has 0 fully saturated rings. The van der Waals surface area contributed by atoms with Gasteiger partial charge in [-0.1, -0.05) is 20.8 Å². The van der Waals surface area contributed by atoms with Crippen LogP contribution in [0.25, 0.3) is 0 Å². The van der Waals surface area contributed by atoms with Crippen LogP contribution in [0.15, 0.2) is 0 Å². The molecule has 0 saturated heterocycles. The molecule has 4 atom stereocenters. The maximum Gasteiger partial charge on any atom is 0.109 e. The summed E-state index contributed by atoms with van der Waals surface area (Å²) < 4.78 is 0. The monoisotopic (exact) mass is 221 g/mol. The summed E-state index contributed by atoms with van der Waals surface area (Å²) in [6, 6.07) is 0.195. The first-order valence-electron chi connectivity index (χ1n) is 5.35. The Bertz CT molecular complexity index is 166. The van der Waals surface area contributed by atoms with Crippen LogP contribution in [0.4, 0.5) is 0 Å². The number of hydrogen-bond acceptors (Lipinski definition) is 5. The van der Waals surface area contributed by atoms with Crippen LogP contribution in [-0.2, 0) is 0 Å². The van der Waals surface area contributed by atoms with Crippen LogP contribution in [0.3, 0.4) is 0 Å². The van der Waals surface area contributed by atoms with Gasteiger partial charge in [0.2, 0.25) is 0 Å². The van der Waals surface area contributed by atoms with E-state index in [1.54, 1.807) is 6.92 Å². The van der Waals surface area contributed by atoms with Crippen LogP contribution in [0.2, 0.25) is 0 Å². The first-order valence-corrected chi connectivity index (χ1v) is 5.35. The third-order valence-electron chi connectivity index (χ3n) is 2.29. The lowest BCUT2D eigenvalue weighted by molar-refractivity contribution is -0.104. The number of nitrogens with one attached hydrogen (secondary N) is 1. The Labute approximate surface area is 90.8 Å². The Kier molecular flexibility index (Phi) is 7.04. The van der Waals surface area contributed by atoms with Crippen LogP contribution in [0.5, 0.6) is 0 Å². The number of aliphatic hydroxyl groups excluding tert-OH is 4. The van der Waals surface area contributed by atoms with E-state index in [2.05, 4.69) is 5.32 Å². The highest BCUT2D eigenvalue weighted by molar-refractivity contribution is 4.81. The molecule has 0 aromatic carbocycles. The van der Waals surface area contributed by atoms with E-state index in [4.69, 9.17) is 0 Å².